The highest BCUT2D eigenvalue weighted by molar-refractivity contribution is 7.80. The SMILES string of the molecule is Cn1cc(CCNc2ccc(C(N)=S)c(F)c2F)cn1. The summed E-state index contributed by atoms with van der Waals surface area (Å²) in [6, 6.07) is 2.79. The molecule has 0 spiro atoms. The van der Waals surface area contributed by atoms with Crippen molar-refractivity contribution in [3.05, 3.63) is 47.3 Å². The van der Waals surface area contributed by atoms with Gasteiger partial charge in [0.25, 0.3) is 0 Å². The third-order valence-corrected chi connectivity index (χ3v) is 3.06. The van der Waals surface area contributed by atoms with Crippen LogP contribution in [0.5, 0.6) is 0 Å². The molecule has 1 aromatic carbocycles. The fourth-order valence-corrected chi connectivity index (χ4v) is 1.98. The van der Waals surface area contributed by atoms with Crippen LogP contribution in [-0.2, 0) is 13.5 Å². The molecule has 0 atom stereocenters. The summed E-state index contributed by atoms with van der Waals surface area (Å²) in [7, 11) is 1.82. The number of halogens is 2. The average molecular weight is 296 g/mol. The normalized spacial score (nSPS) is 10.6. The van der Waals surface area contributed by atoms with Gasteiger partial charge in [0.15, 0.2) is 11.6 Å². The molecule has 0 aliphatic carbocycles. The van der Waals surface area contributed by atoms with Crippen molar-refractivity contribution in [1.29, 1.82) is 0 Å². The zero-order valence-corrected chi connectivity index (χ0v) is 11.7. The molecular weight excluding hydrogens is 282 g/mol. The van der Waals surface area contributed by atoms with E-state index in [1.54, 1.807) is 10.9 Å². The smallest absolute Gasteiger partial charge is 0.182 e. The quantitative estimate of drug-likeness (QED) is 0.829. The summed E-state index contributed by atoms with van der Waals surface area (Å²) in [6.45, 7) is 0.467. The standard InChI is InChI=1S/C13H14F2N4S/c1-19-7-8(6-18-19)4-5-17-10-3-2-9(13(16)20)11(14)12(10)15/h2-3,6-7,17H,4-5H2,1H3,(H2,16,20). The van der Waals surface area contributed by atoms with Crippen LogP contribution in [0.1, 0.15) is 11.1 Å². The molecule has 2 rings (SSSR count). The van der Waals surface area contributed by atoms with Crippen molar-refractivity contribution in [3.63, 3.8) is 0 Å². The predicted octanol–water partition coefficient (Wildman–Crippen LogP) is 1.99. The van der Waals surface area contributed by atoms with Crippen LogP contribution in [0.3, 0.4) is 0 Å². The highest BCUT2D eigenvalue weighted by Crippen LogP contribution is 2.20. The Labute approximate surface area is 120 Å². The maximum Gasteiger partial charge on any atom is 0.182 e. The summed E-state index contributed by atoms with van der Waals surface area (Å²) in [5.41, 5.74) is 6.32. The lowest BCUT2D eigenvalue weighted by Gasteiger charge is -2.09. The third-order valence-electron chi connectivity index (χ3n) is 2.84. The Morgan fingerprint density at radius 3 is 2.75 bits per heavy atom. The Kier molecular flexibility index (Phi) is 4.29. The number of hydrogen-bond donors (Lipinski definition) is 2. The Balaban J connectivity index is 2.03. The van der Waals surface area contributed by atoms with Gasteiger partial charge in [0.2, 0.25) is 0 Å². The van der Waals surface area contributed by atoms with Crippen LogP contribution in [0.4, 0.5) is 14.5 Å². The van der Waals surface area contributed by atoms with E-state index < -0.39 is 11.6 Å². The summed E-state index contributed by atoms with van der Waals surface area (Å²) in [5.74, 6) is -2.00. The number of anilines is 1. The van der Waals surface area contributed by atoms with Gasteiger partial charge in [0.1, 0.15) is 4.99 Å². The summed E-state index contributed by atoms with van der Waals surface area (Å²) in [6.07, 6.45) is 4.26. The van der Waals surface area contributed by atoms with E-state index in [9.17, 15) is 8.78 Å². The number of aromatic nitrogens is 2. The lowest BCUT2D eigenvalue weighted by Crippen LogP contribution is -2.14. The molecule has 20 heavy (non-hydrogen) atoms. The molecular formula is C13H14F2N4S. The van der Waals surface area contributed by atoms with Crippen LogP contribution < -0.4 is 11.1 Å². The second-order valence-corrected chi connectivity index (χ2v) is 4.79. The molecule has 1 aromatic heterocycles. The molecule has 0 aliphatic rings. The van der Waals surface area contributed by atoms with E-state index in [0.29, 0.717) is 13.0 Å². The van der Waals surface area contributed by atoms with Gasteiger partial charge in [-0.25, -0.2) is 8.78 Å². The Morgan fingerprint density at radius 2 is 2.15 bits per heavy atom. The van der Waals surface area contributed by atoms with Gasteiger partial charge in [0, 0.05) is 25.4 Å². The number of thiocarbonyl (C=S) groups is 1. The Hall–Kier alpha value is -2.02. The molecule has 106 valence electrons. The number of aryl methyl sites for hydroxylation is 1. The molecule has 0 amide bonds. The van der Waals surface area contributed by atoms with Gasteiger partial charge in [-0.1, -0.05) is 12.2 Å². The molecule has 0 saturated carbocycles. The Morgan fingerprint density at radius 1 is 1.40 bits per heavy atom. The molecule has 4 nitrogen and oxygen atoms in total. The van der Waals surface area contributed by atoms with Gasteiger partial charge in [-0.2, -0.15) is 5.10 Å². The number of nitrogens with two attached hydrogens (primary N) is 1. The fraction of sp³-hybridized carbons (Fsp3) is 0.231. The van der Waals surface area contributed by atoms with Crippen molar-refractivity contribution in [2.75, 3.05) is 11.9 Å². The molecule has 0 saturated heterocycles. The second-order valence-electron chi connectivity index (χ2n) is 4.35. The molecule has 2 aromatic rings. The van der Waals surface area contributed by atoms with Crippen molar-refractivity contribution in [1.82, 2.24) is 9.78 Å². The zero-order chi connectivity index (χ0) is 14.7. The number of rotatable bonds is 5. The number of hydrogen-bond acceptors (Lipinski definition) is 3. The van der Waals surface area contributed by atoms with Crippen molar-refractivity contribution in [2.24, 2.45) is 12.8 Å². The summed E-state index contributed by atoms with van der Waals surface area (Å²) < 4.78 is 29.1. The van der Waals surface area contributed by atoms with E-state index >= 15 is 0 Å². The van der Waals surface area contributed by atoms with Crippen molar-refractivity contribution in [2.45, 2.75) is 6.42 Å². The molecule has 0 aliphatic heterocycles. The van der Waals surface area contributed by atoms with Gasteiger partial charge in [0.05, 0.1) is 11.9 Å². The van der Waals surface area contributed by atoms with Crippen LogP contribution in [0.15, 0.2) is 24.5 Å². The zero-order valence-electron chi connectivity index (χ0n) is 10.9. The highest BCUT2D eigenvalue weighted by Gasteiger charge is 2.14. The molecule has 0 radical (unpaired) electrons. The van der Waals surface area contributed by atoms with E-state index in [1.807, 2.05) is 13.2 Å². The predicted molar refractivity (Wildman–Crippen MR) is 77.6 cm³/mol. The molecule has 0 bridgehead atoms. The summed E-state index contributed by atoms with van der Waals surface area (Å²) in [4.78, 5) is -0.164. The van der Waals surface area contributed by atoms with Gasteiger partial charge >= 0.3 is 0 Å². The topological polar surface area (TPSA) is 55.9 Å². The van der Waals surface area contributed by atoms with Gasteiger partial charge in [-0.15, -0.1) is 0 Å². The van der Waals surface area contributed by atoms with E-state index in [1.165, 1.54) is 12.1 Å². The fourth-order valence-electron chi connectivity index (χ4n) is 1.82. The van der Waals surface area contributed by atoms with Crippen LogP contribution in [-0.4, -0.2) is 21.3 Å². The summed E-state index contributed by atoms with van der Waals surface area (Å²) in [5, 5.41) is 6.87. The maximum absolute atomic E-state index is 13.8. The minimum absolute atomic E-state index is 0.0877. The first kappa shape index (κ1) is 14.4. The summed E-state index contributed by atoms with van der Waals surface area (Å²) >= 11 is 4.65. The molecule has 7 heteroatoms. The lowest BCUT2D eigenvalue weighted by molar-refractivity contribution is 0.509. The van der Waals surface area contributed by atoms with Crippen LogP contribution in [0.2, 0.25) is 0 Å². The first-order valence-corrected chi connectivity index (χ1v) is 6.39. The van der Waals surface area contributed by atoms with Crippen LogP contribution in [0.25, 0.3) is 0 Å². The number of nitrogens with zero attached hydrogens (tertiary/aromatic N) is 2. The van der Waals surface area contributed by atoms with Gasteiger partial charge in [-0.05, 0) is 24.1 Å². The van der Waals surface area contributed by atoms with Crippen molar-refractivity contribution in [3.8, 4) is 0 Å². The minimum Gasteiger partial charge on any atom is -0.389 e. The first-order valence-electron chi connectivity index (χ1n) is 5.98. The number of benzene rings is 1. The Bertz CT molecular complexity index is 639. The third kappa shape index (κ3) is 3.11. The highest BCUT2D eigenvalue weighted by atomic mass is 32.1. The first-order chi connectivity index (χ1) is 9.49. The van der Waals surface area contributed by atoms with E-state index in [2.05, 4.69) is 22.6 Å². The van der Waals surface area contributed by atoms with Crippen LogP contribution >= 0.6 is 12.2 Å². The second kappa shape index (κ2) is 5.96. The van der Waals surface area contributed by atoms with E-state index in [4.69, 9.17) is 5.73 Å². The monoisotopic (exact) mass is 296 g/mol. The largest absolute Gasteiger partial charge is 0.389 e. The van der Waals surface area contributed by atoms with Crippen molar-refractivity contribution >= 4 is 22.9 Å². The lowest BCUT2D eigenvalue weighted by atomic mass is 10.1. The maximum atomic E-state index is 13.8. The van der Waals surface area contributed by atoms with Crippen LogP contribution in [0, 0.1) is 11.6 Å². The minimum atomic E-state index is -1.02. The van der Waals surface area contributed by atoms with Gasteiger partial charge in [-0.3, -0.25) is 4.68 Å². The molecule has 1 heterocycles. The van der Waals surface area contributed by atoms with Gasteiger partial charge < -0.3 is 11.1 Å². The van der Waals surface area contributed by atoms with E-state index in [-0.39, 0.29) is 16.2 Å². The average Bonchev–Trinajstić information content (AvgIpc) is 2.80. The molecule has 3 N–H and O–H groups in total. The van der Waals surface area contributed by atoms with E-state index in [0.717, 1.165) is 5.56 Å². The number of nitrogens with one attached hydrogen (secondary N) is 1. The molecule has 0 fully saturated rings. The van der Waals surface area contributed by atoms with Crippen molar-refractivity contribution < 1.29 is 8.78 Å². The molecule has 0 unspecified atom stereocenters.